The Kier molecular flexibility index (Phi) is 4.74. The lowest BCUT2D eigenvalue weighted by Crippen LogP contribution is -2.38. The molecular formula is C13H19N3O3. The van der Waals surface area contributed by atoms with Crippen LogP contribution in [0, 0.1) is 0 Å². The molecule has 0 saturated carbocycles. The van der Waals surface area contributed by atoms with Gasteiger partial charge in [-0.25, -0.2) is 4.79 Å². The first-order valence-electron chi connectivity index (χ1n) is 5.94. The number of benzene rings is 1. The molecule has 0 atom stereocenters. The monoisotopic (exact) mass is 265 g/mol. The highest BCUT2D eigenvalue weighted by molar-refractivity contribution is 5.91. The van der Waals surface area contributed by atoms with Crippen LogP contribution in [0.5, 0.6) is 0 Å². The molecule has 0 saturated heterocycles. The number of rotatable bonds is 5. The Morgan fingerprint density at radius 2 is 2.05 bits per heavy atom. The molecule has 0 bridgehead atoms. The van der Waals surface area contributed by atoms with Crippen LogP contribution < -0.4 is 16.0 Å². The number of nitrogens with two attached hydrogens (primary N) is 1. The molecule has 0 aliphatic rings. The number of hydrogen-bond acceptors (Lipinski definition) is 4. The van der Waals surface area contributed by atoms with E-state index in [9.17, 15) is 9.59 Å². The third-order valence-corrected chi connectivity index (χ3v) is 2.52. The molecule has 1 amide bonds. The summed E-state index contributed by atoms with van der Waals surface area (Å²) in [6.45, 7) is 3.86. The number of carboxylic acids is 1. The van der Waals surface area contributed by atoms with Crippen LogP contribution >= 0.6 is 0 Å². The minimum atomic E-state index is -1.03. The van der Waals surface area contributed by atoms with Gasteiger partial charge >= 0.3 is 5.97 Å². The van der Waals surface area contributed by atoms with Crippen molar-refractivity contribution in [2.45, 2.75) is 19.9 Å². The highest BCUT2D eigenvalue weighted by Crippen LogP contribution is 2.23. The van der Waals surface area contributed by atoms with Gasteiger partial charge in [0.05, 0.1) is 23.5 Å². The van der Waals surface area contributed by atoms with E-state index in [-0.39, 0.29) is 24.1 Å². The van der Waals surface area contributed by atoms with Gasteiger partial charge in [-0.1, -0.05) is 0 Å². The number of likely N-dealkylation sites (N-methyl/N-ethyl adjacent to an activating group) is 1. The maximum Gasteiger partial charge on any atom is 0.335 e. The quantitative estimate of drug-likeness (QED) is 0.688. The van der Waals surface area contributed by atoms with E-state index >= 15 is 0 Å². The summed E-state index contributed by atoms with van der Waals surface area (Å²) < 4.78 is 0. The summed E-state index contributed by atoms with van der Waals surface area (Å²) >= 11 is 0. The molecule has 0 radical (unpaired) electrons. The van der Waals surface area contributed by atoms with Crippen molar-refractivity contribution in [2.75, 3.05) is 24.2 Å². The summed E-state index contributed by atoms with van der Waals surface area (Å²) in [6.07, 6.45) is 0. The van der Waals surface area contributed by atoms with Crippen molar-refractivity contribution in [2.24, 2.45) is 0 Å². The molecule has 104 valence electrons. The maximum atomic E-state index is 11.7. The summed E-state index contributed by atoms with van der Waals surface area (Å²) in [5.41, 5.74) is 6.90. The number of nitrogen functional groups attached to an aromatic ring is 1. The number of carbonyl (C=O) groups is 2. The molecule has 4 N–H and O–H groups in total. The van der Waals surface area contributed by atoms with Gasteiger partial charge in [-0.15, -0.1) is 0 Å². The lowest BCUT2D eigenvalue weighted by atomic mass is 10.1. The van der Waals surface area contributed by atoms with E-state index in [4.69, 9.17) is 10.8 Å². The van der Waals surface area contributed by atoms with Crippen LogP contribution in [0.4, 0.5) is 11.4 Å². The third kappa shape index (κ3) is 4.17. The van der Waals surface area contributed by atoms with Crippen LogP contribution in [-0.4, -0.2) is 36.6 Å². The third-order valence-electron chi connectivity index (χ3n) is 2.52. The lowest BCUT2D eigenvalue weighted by Gasteiger charge is -2.21. The SMILES string of the molecule is CC(C)NC(=O)CN(C)c1cc(C(=O)O)ccc1N. The zero-order chi connectivity index (χ0) is 14.6. The maximum absolute atomic E-state index is 11.7. The van der Waals surface area contributed by atoms with Crippen LogP contribution in [0.3, 0.4) is 0 Å². The van der Waals surface area contributed by atoms with Crippen molar-refractivity contribution >= 4 is 23.3 Å². The van der Waals surface area contributed by atoms with Crippen LogP contribution in [0.1, 0.15) is 24.2 Å². The molecule has 6 nitrogen and oxygen atoms in total. The van der Waals surface area contributed by atoms with Gasteiger partial charge in [0.15, 0.2) is 0 Å². The topological polar surface area (TPSA) is 95.7 Å². The Hall–Kier alpha value is -2.24. The molecule has 1 rings (SSSR count). The number of nitrogens with one attached hydrogen (secondary N) is 1. The van der Waals surface area contributed by atoms with Crippen LogP contribution in [0.15, 0.2) is 18.2 Å². The number of hydrogen-bond donors (Lipinski definition) is 3. The number of carbonyl (C=O) groups excluding carboxylic acids is 1. The van der Waals surface area contributed by atoms with Gasteiger partial charge in [-0.05, 0) is 32.0 Å². The van der Waals surface area contributed by atoms with Crippen molar-refractivity contribution in [3.63, 3.8) is 0 Å². The highest BCUT2D eigenvalue weighted by atomic mass is 16.4. The van der Waals surface area contributed by atoms with E-state index in [2.05, 4.69) is 5.32 Å². The second-order valence-corrected chi connectivity index (χ2v) is 4.66. The molecule has 19 heavy (non-hydrogen) atoms. The average molecular weight is 265 g/mol. The zero-order valence-corrected chi connectivity index (χ0v) is 11.3. The smallest absolute Gasteiger partial charge is 0.335 e. The van der Waals surface area contributed by atoms with E-state index in [0.29, 0.717) is 11.4 Å². The van der Waals surface area contributed by atoms with Crippen molar-refractivity contribution in [1.29, 1.82) is 0 Å². The molecule has 0 heterocycles. The van der Waals surface area contributed by atoms with Crippen molar-refractivity contribution in [3.8, 4) is 0 Å². The van der Waals surface area contributed by atoms with Gasteiger partial charge in [0.1, 0.15) is 0 Å². The lowest BCUT2D eigenvalue weighted by molar-refractivity contribution is -0.120. The first kappa shape index (κ1) is 14.8. The molecule has 6 heteroatoms. The molecule has 1 aromatic rings. The molecule has 0 spiro atoms. The van der Waals surface area contributed by atoms with Crippen molar-refractivity contribution < 1.29 is 14.7 Å². The van der Waals surface area contributed by atoms with E-state index in [1.807, 2.05) is 13.8 Å². The van der Waals surface area contributed by atoms with Gasteiger partial charge in [-0.2, -0.15) is 0 Å². The zero-order valence-electron chi connectivity index (χ0n) is 11.3. The fraction of sp³-hybridized carbons (Fsp3) is 0.385. The summed E-state index contributed by atoms with van der Waals surface area (Å²) in [6, 6.07) is 4.47. The number of anilines is 2. The molecular weight excluding hydrogens is 246 g/mol. The Balaban J connectivity index is 2.86. The van der Waals surface area contributed by atoms with E-state index in [0.717, 1.165) is 0 Å². The van der Waals surface area contributed by atoms with Crippen LogP contribution in [0.2, 0.25) is 0 Å². The average Bonchev–Trinajstić information content (AvgIpc) is 2.27. The molecule has 0 aromatic heterocycles. The van der Waals surface area contributed by atoms with E-state index in [1.54, 1.807) is 11.9 Å². The number of aromatic carboxylic acids is 1. The van der Waals surface area contributed by atoms with Gasteiger partial charge in [0.25, 0.3) is 0 Å². The van der Waals surface area contributed by atoms with Gasteiger partial charge < -0.3 is 21.1 Å². The Labute approximate surface area is 112 Å². The second kappa shape index (κ2) is 6.08. The standard InChI is InChI=1S/C13H19N3O3/c1-8(2)15-12(17)7-16(3)11-6-9(13(18)19)4-5-10(11)14/h4-6,8H,7,14H2,1-3H3,(H,15,17)(H,18,19). The van der Waals surface area contributed by atoms with Gasteiger partial charge in [-0.3, -0.25) is 4.79 Å². The Bertz CT molecular complexity index is 486. The first-order valence-corrected chi connectivity index (χ1v) is 5.94. The minimum Gasteiger partial charge on any atom is -0.478 e. The fourth-order valence-corrected chi connectivity index (χ4v) is 1.68. The van der Waals surface area contributed by atoms with Crippen LogP contribution in [0.25, 0.3) is 0 Å². The van der Waals surface area contributed by atoms with Gasteiger partial charge in [0, 0.05) is 13.1 Å². The Morgan fingerprint density at radius 1 is 1.42 bits per heavy atom. The number of amides is 1. The van der Waals surface area contributed by atoms with Gasteiger partial charge in [0.2, 0.25) is 5.91 Å². The highest BCUT2D eigenvalue weighted by Gasteiger charge is 2.13. The predicted octanol–water partition coefficient (Wildman–Crippen LogP) is 0.928. The number of carboxylic acid groups (broad SMARTS) is 1. The van der Waals surface area contributed by atoms with Crippen LogP contribution in [-0.2, 0) is 4.79 Å². The molecule has 0 unspecified atom stereocenters. The number of nitrogens with zero attached hydrogens (tertiary/aromatic N) is 1. The normalized spacial score (nSPS) is 10.3. The largest absolute Gasteiger partial charge is 0.478 e. The molecule has 0 aliphatic carbocycles. The summed E-state index contributed by atoms with van der Waals surface area (Å²) in [5.74, 6) is -1.17. The minimum absolute atomic E-state index is 0.0589. The second-order valence-electron chi connectivity index (χ2n) is 4.66. The molecule has 1 aromatic carbocycles. The first-order chi connectivity index (χ1) is 8.81. The summed E-state index contributed by atoms with van der Waals surface area (Å²) in [5, 5.41) is 11.7. The van der Waals surface area contributed by atoms with Crippen molar-refractivity contribution in [3.05, 3.63) is 23.8 Å². The van der Waals surface area contributed by atoms with E-state index < -0.39 is 5.97 Å². The summed E-state index contributed by atoms with van der Waals surface area (Å²) in [4.78, 5) is 24.2. The Morgan fingerprint density at radius 3 is 2.58 bits per heavy atom. The van der Waals surface area contributed by atoms with E-state index in [1.165, 1.54) is 18.2 Å². The fourth-order valence-electron chi connectivity index (χ4n) is 1.68. The predicted molar refractivity (Wildman–Crippen MR) is 74.4 cm³/mol. The van der Waals surface area contributed by atoms with Crippen molar-refractivity contribution in [1.82, 2.24) is 5.32 Å². The molecule has 0 aliphatic heterocycles. The molecule has 0 fully saturated rings. The summed E-state index contributed by atoms with van der Waals surface area (Å²) in [7, 11) is 1.69.